The van der Waals surface area contributed by atoms with Crippen LogP contribution >= 0.6 is 0 Å². The maximum atomic E-state index is 6.63. The molecule has 0 amide bonds. The molecule has 0 aliphatic carbocycles. The van der Waals surface area contributed by atoms with Gasteiger partial charge in [0.1, 0.15) is 5.52 Å². The second kappa shape index (κ2) is 13.1. The lowest BCUT2D eigenvalue weighted by Crippen LogP contribution is -2.09. The van der Waals surface area contributed by atoms with Crippen LogP contribution in [0.2, 0.25) is 0 Å². The average molecular weight is 715 g/mol. The van der Waals surface area contributed by atoms with Crippen molar-refractivity contribution in [2.45, 2.75) is 0 Å². The van der Waals surface area contributed by atoms with Gasteiger partial charge in [-0.1, -0.05) is 146 Å². The molecule has 0 saturated heterocycles. The van der Waals surface area contributed by atoms with Gasteiger partial charge < -0.3 is 9.32 Å². The topological polar surface area (TPSA) is 29.3 Å². The monoisotopic (exact) mass is 714 g/mol. The van der Waals surface area contributed by atoms with Crippen LogP contribution in [0.5, 0.6) is 0 Å². The predicted molar refractivity (Wildman–Crippen MR) is 235 cm³/mol. The first-order valence-corrected chi connectivity index (χ1v) is 19.0. The molecule has 0 fully saturated rings. The number of para-hydroxylation sites is 1. The molecule has 1 aromatic heterocycles. The van der Waals surface area contributed by atoms with Crippen molar-refractivity contribution in [3.05, 3.63) is 206 Å². The van der Waals surface area contributed by atoms with Crippen LogP contribution in [0.3, 0.4) is 0 Å². The summed E-state index contributed by atoms with van der Waals surface area (Å²) in [7, 11) is 0. The first-order valence-electron chi connectivity index (χ1n) is 19.0. The van der Waals surface area contributed by atoms with Gasteiger partial charge >= 0.3 is 0 Å². The highest BCUT2D eigenvalue weighted by Crippen LogP contribution is 2.43. The lowest BCUT2D eigenvalue weighted by Gasteiger charge is -2.26. The van der Waals surface area contributed by atoms with Crippen LogP contribution in [0, 0.1) is 0 Å². The minimum Gasteiger partial charge on any atom is -0.435 e. The van der Waals surface area contributed by atoms with E-state index in [0.717, 1.165) is 50.1 Å². The van der Waals surface area contributed by atoms with Crippen molar-refractivity contribution in [3.63, 3.8) is 0 Å². The number of benzene rings is 10. The summed E-state index contributed by atoms with van der Waals surface area (Å²) in [5.41, 5.74) is 10.7. The third kappa shape index (κ3) is 5.32. The molecule has 0 aliphatic heterocycles. The molecule has 0 saturated carbocycles. The Morgan fingerprint density at radius 2 is 0.946 bits per heavy atom. The Hall–Kier alpha value is -7.49. The predicted octanol–water partition coefficient (Wildman–Crippen LogP) is 14.9. The molecule has 1 heterocycles. The molecule has 262 valence electrons. The standard InChI is InChI=1S/C53H34N2O/c1-3-13-39(14-4-1)53-54-49-33-27-38-26-32-47-48(34-40-15-8-10-20-46(40)51(47)50(38)52(49)56-53)37-24-30-43(31-25-37)55(41-17-5-2-6-18-41)42-28-22-36(23-29-42)45-21-11-16-35-12-7-9-19-44(35)45/h1-34H. The van der Waals surface area contributed by atoms with Gasteiger partial charge in [0, 0.05) is 33.4 Å². The van der Waals surface area contributed by atoms with Gasteiger partial charge in [-0.15, -0.1) is 0 Å². The van der Waals surface area contributed by atoms with Gasteiger partial charge in [-0.2, -0.15) is 0 Å². The van der Waals surface area contributed by atoms with Gasteiger partial charge in [-0.3, -0.25) is 0 Å². The van der Waals surface area contributed by atoms with Gasteiger partial charge in [0.15, 0.2) is 5.58 Å². The van der Waals surface area contributed by atoms with E-state index in [1.807, 2.05) is 30.3 Å². The van der Waals surface area contributed by atoms with Crippen LogP contribution in [0.15, 0.2) is 211 Å². The maximum absolute atomic E-state index is 6.63. The normalized spacial score (nSPS) is 11.6. The Morgan fingerprint density at radius 3 is 1.70 bits per heavy atom. The first kappa shape index (κ1) is 32.0. The molecule has 3 nitrogen and oxygen atoms in total. The van der Waals surface area contributed by atoms with Crippen molar-refractivity contribution >= 4 is 71.3 Å². The Bertz CT molecular complexity index is 3220. The molecule has 56 heavy (non-hydrogen) atoms. The van der Waals surface area contributed by atoms with Gasteiger partial charge in [-0.05, 0) is 115 Å². The van der Waals surface area contributed by atoms with Gasteiger partial charge in [0.2, 0.25) is 5.89 Å². The van der Waals surface area contributed by atoms with Crippen molar-refractivity contribution in [2.24, 2.45) is 0 Å². The number of nitrogens with zero attached hydrogens (tertiary/aromatic N) is 2. The van der Waals surface area contributed by atoms with Gasteiger partial charge in [-0.25, -0.2) is 4.98 Å². The number of fused-ring (bicyclic) bond motifs is 8. The number of aromatic nitrogens is 1. The largest absolute Gasteiger partial charge is 0.435 e. The van der Waals surface area contributed by atoms with Gasteiger partial charge in [0.05, 0.1) is 0 Å². The Kier molecular flexibility index (Phi) is 7.49. The van der Waals surface area contributed by atoms with E-state index in [1.165, 1.54) is 49.0 Å². The lowest BCUT2D eigenvalue weighted by molar-refractivity contribution is 0.623. The van der Waals surface area contributed by atoms with Crippen LogP contribution in [0.25, 0.3) is 87.9 Å². The van der Waals surface area contributed by atoms with Crippen LogP contribution < -0.4 is 4.90 Å². The summed E-state index contributed by atoms with van der Waals surface area (Å²) in [6.45, 7) is 0. The third-order valence-corrected chi connectivity index (χ3v) is 11.1. The molecule has 0 aliphatic rings. The molecule has 0 radical (unpaired) electrons. The minimum absolute atomic E-state index is 0.632. The summed E-state index contributed by atoms with van der Waals surface area (Å²) in [5, 5.41) is 9.46. The second-order valence-corrected chi connectivity index (χ2v) is 14.3. The van der Waals surface area contributed by atoms with Crippen LogP contribution in [-0.2, 0) is 0 Å². The Morgan fingerprint density at radius 1 is 0.357 bits per heavy atom. The van der Waals surface area contributed by atoms with E-state index in [1.54, 1.807) is 0 Å². The van der Waals surface area contributed by atoms with Crippen molar-refractivity contribution in [1.82, 2.24) is 4.98 Å². The summed E-state index contributed by atoms with van der Waals surface area (Å²) in [4.78, 5) is 7.26. The Balaban J connectivity index is 1.04. The van der Waals surface area contributed by atoms with Crippen molar-refractivity contribution < 1.29 is 4.42 Å². The SMILES string of the molecule is c1ccc(-c2nc3ccc4ccc5c(-c6ccc(N(c7ccccc7)c7ccc(-c8cccc9ccccc89)cc7)cc6)cc6ccccc6c5c4c3o2)cc1. The molecule has 10 aromatic carbocycles. The van der Waals surface area contributed by atoms with Gasteiger partial charge in [0.25, 0.3) is 0 Å². The summed E-state index contributed by atoms with van der Waals surface area (Å²) in [6, 6.07) is 73.5. The fourth-order valence-electron chi connectivity index (χ4n) is 8.41. The van der Waals surface area contributed by atoms with E-state index in [4.69, 9.17) is 9.40 Å². The van der Waals surface area contributed by atoms with E-state index >= 15 is 0 Å². The second-order valence-electron chi connectivity index (χ2n) is 14.3. The summed E-state index contributed by atoms with van der Waals surface area (Å²) < 4.78 is 6.63. The fraction of sp³-hybridized carbons (Fsp3) is 0. The smallest absolute Gasteiger partial charge is 0.227 e. The minimum atomic E-state index is 0.632. The van der Waals surface area contributed by atoms with E-state index in [9.17, 15) is 0 Å². The highest BCUT2D eigenvalue weighted by atomic mass is 16.3. The summed E-state index contributed by atoms with van der Waals surface area (Å²) >= 11 is 0. The van der Waals surface area contributed by atoms with E-state index in [0.29, 0.717) is 5.89 Å². The van der Waals surface area contributed by atoms with E-state index in [-0.39, 0.29) is 0 Å². The highest BCUT2D eigenvalue weighted by molar-refractivity contribution is 6.28. The molecule has 0 spiro atoms. The molecule has 3 heteroatoms. The van der Waals surface area contributed by atoms with Crippen molar-refractivity contribution in [1.29, 1.82) is 0 Å². The molecule has 11 aromatic rings. The molecular weight excluding hydrogens is 681 g/mol. The quantitative estimate of drug-likeness (QED) is 0.161. The zero-order valence-electron chi connectivity index (χ0n) is 30.4. The lowest BCUT2D eigenvalue weighted by atomic mass is 9.90. The number of hydrogen-bond donors (Lipinski definition) is 0. The summed E-state index contributed by atoms with van der Waals surface area (Å²) in [6.07, 6.45) is 0. The fourth-order valence-corrected chi connectivity index (χ4v) is 8.41. The Labute approximate surface area is 324 Å². The maximum Gasteiger partial charge on any atom is 0.227 e. The number of oxazole rings is 1. The van der Waals surface area contributed by atoms with Crippen LogP contribution in [-0.4, -0.2) is 4.98 Å². The molecule has 0 N–H and O–H groups in total. The molecule has 11 rings (SSSR count). The first-order chi connectivity index (χ1) is 27.8. The molecule has 0 atom stereocenters. The average Bonchev–Trinajstić information content (AvgIpc) is 3.72. The number of rotatable bonds is 6. The highest BCUT2D eigenvalue weighted by Gasteiger charge is 2.19. The number of anilines is 3. The zero-order valence-corrected chi connectivity index (χ0v) is 30.4. The van der Waals surface area contributed by atoms with Crippen LogP contribution in [0.4, 0.5) is 17.1 Å². The molecular formula is C53H34N2O. The van der Waals surface area contributed by atoms with Crippen molar-refractivity contribution in [2.75, 3.05) is 4.90 Å². The third-order valence-electron chi connectivity index (χ3n) is 11.1. The van der Waals surface area contributed by atoms with E-state index in [2.05, 4.69) is 181 Å². The number of hydrogen-bond acceptors (Lipinski definition) is 3. The summed E-state index contributed by atoms with van der Waals surface area (Å²) in [5.74, 6) is 0.632. The molecule has 0 bridgehead atoms. The zero-order chi connectivity index (χ0) is 37.0. The van der Waals surface area contributed by atoms with E-state index < -0.39 is 0 Å². The van der Waals surface area contributed by atoms with Crippen LogP contribution in [0.1, 0.15) is 0 Å². The van der Waals surface area contributed by atoms with Crippen molar-refractivity contribution in [3.8, 4) is 33.7 Å². The molecule has 0 unspecified atom stereocenters.